The van der Waals surface area contributed by atoms with Crippen LogP contribution in [0.4, 0.5) is 0 Å². The Morgan fingerprint density at radius 3 is 3.21 bits per heavy atom. The molecule has 1 N–H and O–H groups in total. The molecule has 1 atom stereocenters. The van der Waals surface area contributed by atoms with Gasteiger partial charge in [-0.25, -0.2) is 4.98 Å². The second-order valence-corrected chi connectivity index (χ2v) is 4.83. The zero-order chi connectivity index (χ0) is 13.1. The first-order valence-corrected chi connectivity index (χ1v) is 6.72. The number of aromatic nitrogens is 2. The maximum atomic E-state index is 5.94. The second-order valence-electron chi connectivity index (χ2n) is 4.83. The van der Waals surface area contributed by atoms with E-state index in [2.05, 4.69) is 39.1 Å². The summed E-state index contributed by atoms with van der Waals surface area (Å²) in [6.07, 6.45) is 5.02. The molecular weight excluding hydrogens is 238 g/mol. The van der Waals surface area contributed by atoms with Gasteiger partial charge in [0.15, 0.2) is 0 Å². The third-order valence-corrected chi connectivity index (χ3v) is 3.59. The van der Waals surface area contributed by atoms with E-state index in [1.165, 1.54) is 11.1 Å². The van der Waals surface area contributed by atoms with Crippen LogP contribution in [0.5, 0.6) is 0 Å². The van der Waals surface area contributed by atoms with Crippen LogP contribution in [0, 0.1) is 0 Å². The maximum absolute atomic E-state index is 5.94. The summed E-state index contributed by atoms with van der Waals surface area (Å²) in [6, 6.07) is 8.56. The molecule has 3 rings (SSSR count). The predicted octanol–water partition coefficient (Wildman–Crippen LogP) is 1.92. The monoisotopic (exact) mass is 257 g/mol. The van der Waals surface area contributed by atoms with Crippen LogP contribution in [-0.2, 0) is 24.2 Å². The number of hydrogen-bond donors (Lipinski definition) is 1. The van der Waals surface area contributed by atoms with Crippen molar-refractivity contribution in [3.63, 3.8) is 0 Å². The van der Waals surface area contributed by atoms with Crippen LogP contribution in [0.15, 0.2) is 36.7 Å². The van der Waals surface area contributed by atoms with E-state index < -0.39 is 0 Å². The molecule has 0 fully saturated rings. The van der Waals surface area contributed by atoms with Gasteiger partial charge >= 0.3 is 0 Å². The van der Waals surface area contributed by atoms with Crippen LogP contribution in [-0.4, -0.2) is 23.2 Å². The van der Waals surface area contributed by atoms with E-state index in [0.29, 0.717) is 0 Å². The van der Waals surface area contributed by atoms with Gasteiger partial charge in [0.2, 0.25) is 0 Å². The molecule has 4 heteroatoms. The van der Waals surface area contributed by atoms with Crippen molar-refractivity contribution in [3.8, 4) is 0 Å². The molecule has 0 saturated carbocycles. The standard InChI is InChI=1S/C15H19N3O/c1-16-10-15-17-7-8-18(15)11-14-13-5-3-2-4-12(13)6-9-19-14/h2-5,7-8,14,16H,6,9-11H2,1H3. The first-order valence-electron chi connectivity index (χ1n) is 6.72. The van der Waals surface area contributed by atoms with E-state index in [9.17, 15) is 0 Å². The van der Waals surface area contributed by atoms with E-state index in [0.717, 1.165) is 31.9 Å². The lowest BCUT2D eigenvalue weighted by Gasteiger charge is -2.26. The first kappa shape index (κ1) is 12.4. The highest BCUT2D eigenvalue weighted by molar-refractivity contribution is 5.30. The fourth-order valence-corrected chi connectivity index (χ4v) is 2.64. The number of imidazole rings is 1. The molecule has 1 aliphatic heterocycles. The van der Waals surface area contributed by atoms with Gasteiger partial charge in [-0.1, -0.05) is 24.3 Å². The van der Waals surface area contributed by atoms with Crippen molar-refractivity contribution in [2.45, 2.75) is 25.6 Å². The van der Waals surface area contributed by atoms with Gasteiger partial charge in [-0.3, -0.25) is 0 Å². The minimum absolute atomic E-state index is 0.134. The Hall–Kier alpha value is -1.65. The Morgan fingerprint density at radius 2 is 2.32 bits per heavy atom. The van der Waals surface area contributed by atoms with Gasteiger partial charge in [0, 0.05) is 12.4 Å². The molecular formula is C15H19N3O. The summed E-state index contributed by atoms with van der Waals surface area (Å²) in [5.74, 6) is 1.05. The molecule has 4 nitrogen and oxygen atoms in total. The number of nitrogens with zero attached hydrogens (tertiary/aromatic N) is 2. The minimum atomic E-state index is 0.134. The molecule has 0 aliphatic carbocycles. The van der Waals surface area contributed by atoms with Gasteiger partial charge in [0.05, 0.1) is 19.7 Å². The molecule has 19 heavy (non-hydrogen) atoms. The molecule has 100 valence electrons. The third kappa shape index (κ3) is 2.55. The quantitative estimate of drug-likeness (QED) is 0.909. The maximum Gasteiger partial charge on any atom is 0.122 e. The fraction of sp³-hybridized carbons (Fsp3) is 0.400. The Balaban J connectivity index is 1.82. The van der Waals surface area contributed by atoms with Crippen molar-refractivity contribution < 1.29 is 4.74 Å². The van der Waals surface area contributed by atoms with Crippen molar-refractivity contribution in [2.24, 2.45) is 0 Å². The van der Waals surface area contributed by atoms with Crippen molar-refractivity contribution in [3.05, 3.63) is 53.6 Å². The van der Waals surface area contributed by atoms with Gasteiger partial charge in [0.1, 0.15) is 11.9 Å². The summed E-state index contributed by atoms with van der Waals surface area (Å²) < 4.78 is 8.11. The highest BCUT2D eigenvalue weighted by atomic mass is 16.5. The Kier molecular flexibility index (Phi) is 3.62. The van der Waals surface area contributed by atoms with Gasteiger partial charge in [-0.05, 0) is 24.6 Å². The van der Waals surface area contributed by atoms with E-state index in [4.69, 9.17) is 4.74 Å². The summed E-state index contributed by atoms with van der Waals surface area (Å²) in [4.78, 5) is 4.37. The molecule has 0 bridgehead atoms. The summed E-state index contributed by atoms with van der Waals surface area (Å²) in [7, 11) is 1.94. The molecule has 2 aromatic rings. The fourth-order valence-electron chi connectivity index (χ4n) is 2.64. The smallest absolute Gasteiger partial charge is 0.122 e. The van der Waals surface area contributed by atoms with Crippen LogP contribution in [0.25, 0.3) is 0 Å². The van der Waals surface area contributed by atoms with Crippen LogP contribution in [0.2, 0.25) is 0 Å². The van der Waals surface area contributed by atoms with E-state index in [-0.39, 0.29) is 6.10 Å². The normalized spacial score (nSPS) is 18.3. The lowest BCUT2D eigenvalue weighted by Crippen LogP contribution is -2.22. The molecule has 1 unspecified atom stereocenters. The molecule has 1 aliphatic rings. The SMILES string of the molecule is CNCc1nccn1CC1OCCc2ccccc21. The lowest BCUT2D eigenvalue weighted by molar-refractivity contribution is 0.0300. The van der Waals surface area contributed by atoms with E-state index in [1.54, 1.807) is 0 Å². The summed E-state index contributed by atoms with van der Waals surface area (Å²) in [6.45, 7) is 2.41. The Bertz CT molecular complexity index is 550. The highest BCUT2D eigenvalue weighted by Gasteiger charge is 2.21. The number of nitrogens with one attached hydrogen (secondary N) is 1. The van der Waals surface area contributed by atoms with E-state index in [1.807, 2.05) is 19.4 Å². The largest absolute Gasteiger partial charge is 0.371 e. The minimum Gasteiger partial charge on any atom is -0.371 e. The van der Waals surface area contributed by atoms with Crippen molar-refractivity contribution >= 4 is 0 Å². The summed E-state index contributed by atoms with van der Waals surface area (Å²) in [5.41, 5.74) is 2.73. The van der Waals surface area contributed by atoms with Crippen molar-refractivity contribution in [1.82, 2.24) is 14.9 Å². The molecule has 0 amide bonds. The average molecular weight is 257 g/mol. The zero-order valence-electron chi connectivity index (χ0n) is 11.2. The molecule has 0 radical (unpaired) electrons. The van der Waals surface area contributed by atoms with Gasteiger partial charge in [-0.15, -0.1) is 0 Å². The number of rotatable bonds is 4. The van der Waals surface area contributed by atoms with Gasteiger partial charge in [0.25, 0.3) is 0 Å². The van der Waals surface area contributed by atoms with Crippen LogP contribution >= 0.6 is 0 Å². The molecule has 2 heterocycles. The predicted molar refractivity (Wildman–Crippen MR) is 73.8 cm³/mol. The van der Waals surface area contributed by atoms with Crippen molar-refractivity contribution in [2.75, 3.05) is 13.7 Å². The van der Waals surface area contributed by atoms with Crippen molar-refractivity contribution in [1.29, 1.82) is 0 Å². The Labute approximate surface area is 113 Å². The summed E-state index contributed by atoms with van der Waals surface area (Å²) >= 11 is 0. The van der Waals surface area contributed by atoms with Crippen LogP contribution < -0.4 is 5.32 Å². The number of fused-ring (bicyclic) bond motifs is 1. The molecule has 0 spiro atoms. The second kappa shape index (κ2) is 5.55. The molecule has 1 aromatic heterocycles. The topological polar surface area (TPSA) is 39.1 Å². The number of benzene rings is 1. The highest BCUT2D eigenvalue weighted by Crippen LogP contribution is 2.28. The Morgan fingerprint density at radius 1 is 1.42 bits per heavy atom. The van der Waals surface area contributed by atoms with Gasteiger partial charge in [-0.2, -0.15) is 0 Å². The number of hydrogen-bond acceptors (Lipinski definition) is 3. The lowest BCUT2D eigenvalue weighted by atomic mass is 9.97. The van der Waals surface area contributed by atoms with Gasteiger partial charge < -0.3 is 14.6 Å². The number of ether oxygens (including phenoxy) is 1. The van der Waals surface area contributed by atoms with E-state index >= 15 is 0 Å². The summed E-state index contributed by atoms with van der Waals surface area (Å²) in [5, 5.41) is 3.14. The molecule has 1 aromatic carbocycles. The zero-order valence-corrected chi connectivity index (χ0v) is 11.2. The molecule has 0 saturated heterocycles. The van der Waals surface area contributed by atoms with Crippen LogP contribution in [0.3, 0.4) is 0 Å². The first-order chi connectivity index (χ1) is 9.38. The van der Waals surface area contributed by atoms with Crippen LogP contribution in [0.1, 0.15) is 23.1 Å². The average Bonchev–Trinajstić information content (AvgIpc) is 2.87. The third-order valence-electron chi connectivity index (χ3n) is 3.59.